The van der Waals surface area contributed by atoms with Crippen LogP contribution in [-0.2, 0) is 14.2 Å². The molecule has 0 bridgehead atoms. The van der Waals surface area contributed by atoms with Crippen LogP contribution in [-0.4, -0.2) is 67.9 Å². The molecule has 7 nitrogen and oxygen atoms in total. The van der Waals surface area contributed by atoms with Crippen molar-refractivity contribution >= 4 is 23.2 Å². The molecule has 8 heteroatoms. The lowest BCUT2D eigenvalue weighted by atomic mass is 10.3. The molecule has 1 saturated heterocycles. The van der Waals surface area contributed by atoms with Crippen molar-refractivity contribution in [2.45, 2.75) is 19.1 Å². The van der Waals surface area contributed by atoms with Crippen molar-refractivity contribution in [3.05, 3.63) is 16.1 Å². The van der Waals surface area contributed by atoms with Gasteiger partial charge >= 0.3 is 5.97 Å². The fraction of sp³-hybridized carbons (Fsp3) is 0.615. The van der Waals surface area contributed by atoms with Crippen molar-refractivity contribution in [1.82, 2.24) is 9.88 Å². The molecule has 2 atom stereocenters. The SMILES string of the molecule is CCOC(=O)c1nc(C(=O)N2CC(OC)C(OC)C2)cs1. The van der Waals surface area contributed by atoms with E-state index in [0.29, 0.717) is 13.1 Å². The fourth-order valence-corrected chi connectivity index (χ4v) is 2.87. The minimum atomic E-state index is -0.507. The molecule has 1 aliphatic heterocycles. The predicted octanol–water partition coefficient (Wildman–Crippen LogP) is 0.806. The first-order valence-corrected chi connectivity index (χ1v) is 7.46. The third kappa shape index (κ3) is 3.39. The topological polar surface area (TPSA) is 78.0 Å². The Bertz CT molecular complexity index is 506. The summed E-state index contributed by atoms with van der Waals surface area (Å²) in [6, 6.07) is 0. The fourth-order valence-electron chi connectivity index (χ4n) is 2.18. The summed E-state index contributed by atoms with van der Waals surface area (Å²) in [4.78, 5) is 29.6. The molecular weight excluding hydrogens is 296 g/mol. The van der Waals surface area contributed by atoms with E-state index < -0.39 is 5.97 Å². The summed E-state index contributed by atoms with van der Waals surface area (Å²) in [6.07, 6.45) is -0.302. The van der Waals surface area contributed by atoms with E-state index in [2.05, 4.69) is 4.98 Å². The van der Waals surface area contributed by atoms with Crippen molar-refractivity contribution in [2.75, 3.05) is 33.9 Å². The van der Waals surface area contributed by atoms with Crippen LogP contribution in [0.1, 0.15) is 27.2 Å². The van der Waals surface area contributed by atoms with Gasteiger partial charge in [-0.2, -0.15) is 0 Å². The molecular formula is C13H18N2O5S. The van der Waals surface area contributed by atoms with Crippen LogP contribution in [0.5, 0.6) is 0 Å². The molecule has 2 heterocycles. The van der Waals surface area contributed by atoms with E-state index in [1.54, 1.807) is 31.4 Å². The molecule has 1 aromatic rings. The number of carbonyl (C=O) groups excluding carboxylic acids is 2. The van der Waals surface area contributed by atoms with Crippen LogP contribution in [0.25, 0.3) is 0 Å². The van der Waals surface area contributed by atoms with E-state index in [9.17, 15) is 9.59 Å². The van der Waals surface area contributed by atoms with Gasteiger partial charge in [0.15, 0.2) is 0 Å². The zero-order valence-electron chi connectivity index (χ0n) is 12.2. The first kappa shape index (κ1) is 15.9. The molecule has 1 aromatic heterocycles. The van der Waals surface area contributed by atoms with Gasteiger partial charge in [-0.1, -0.05) is 0 Å². The normalized spacial score (nSPS) is 21.6. The van der Waals surface area contributed by atoms with E-state index in [-0.39, 0.29) is 35.4 Å². The molecule has 0 saturated carbocycles. The maximum absolute atomic E-state index is 12.4. The third-order valence-electron chi connectivity index (χ3n) is 3.28. The Morgan fingerprint density at radius 1 is 1.33 bits per heavy atom. The van der Waals surface area contributed by atoms with Gasteiger partial charge in [-0.05, 0) is 6.92 Å². The van der Waals surface area contributed by atoms with Crippen LogP contribution < -0.4 is 0 Å². The summed E-state index contributed by atoms with van der Waals surface area (Å²) >= 11 is 1.10. The van der Waals surface area contributed by atoms with Crippen LogP contribution in [0, 0.1) is 0 Å². The quantitative estimate of drug-likeness (QED) is 0.748. The van der Waals surface area contributed by atoms with Crippen LogP contribution in [0.2, 0.25) is 0 Å². The maximum atomic E-state index is 12.4. The summed E-state index contributed by atoms with van der Waals surface area (Å²) in [5.41, 5.74) is 0.245. The zero-order valence-corrected chi connectivity index (χ0v) is 13.0. The van der Waals surface area contributed by atoms with Crippen molar-refractivity contribution < 1.29 is 23.8 Å². The standard InChI is InChI=1S/C13H18N2O5S/c1-4-20-13(17)11-14-8(7-21-11)12(16)15-5-9(18-2)10(6-15)19-3/h7,9-10H,4-6H2,1-3H3. The molecule has 0 N–H and O–H groups in total. The monoisotopic (exact) mass is 314 g/mol. The maximum Gasteiger partial charge on any atom is 0.367 e. The minimum absolute atomic E-state index is 0.151. The van der Waals surface area contributed by atoms with Crippen molar-refractivity contribution in [3.63, 3.8) is 0 Å². The van der Waals surface area contributed by atoms with Crippen LogP contribution in [0.3, 0.4) is 0 Å². The first-order valence-electron chi connectivity index (χ1n) is 6.58. The lowest BCUT2D eigenvalue weighted by molar-refractivity contribution is -0.00461. The number of rotatable bonds is 5. The van der Waals surface area contributed by atoms with Gasteiger partial charge < -0.3 is 19.1 Å². The van der Waals surface area contributed by atoms with Gasteiger partial charge in [0, 0.05) is 32.7 Å². The Balaban J connectivity index is 2.06. The Morgan fingerprint density at radius 2 is 1.95 bits per heavy atom. The molecule has 2 rings (SSSR count). The number of methoxy groups -OCH3 is 2. The smallest absolute Gasteiger partial charge is 0.367 e. The van der Waals surface area contributed by atoms with Gasteiger partial charge in [0.1, 0.15) is 17.9 Å². The average molecular weight is 314 g/mol. The highest BCUT2D eigenvalue weighted by atomic mass is 32.1. The number of nitrogens with zero attached hydrogens (tertiary/aromatic N) is 2. The van der Waals surface area contributed by atoms with E-state index in [1.807, 2.05) is 0 Å². The number of esters is 1. The molecule has 0 aliphatic carbocycles. The number of hydrogen-bond acceptors (Lipinski definition) is 7. The van der Waals surface area contributed by atoms with Crippen molar-refractivity contribution in [2.24, 2.45) is 0 Å². The van der Waals surface area contributed by atoms with Gasteiger partial charge in [0.25, 0.3) is 5.91 Å². The molecule has 21 heavy (non-hydrogen) atoms. The summed E-state index contributed by atoms with van der Waals surface area (Å²) in [6.45, 7) is 2.89. The number of ether oxygens (including phenoxy) is 3. The summed E-state index contributed by atoms with van der Waals surface area (Å²) in [5.74, 6) is -0.740. The second-order valence-electron chi connectivity index (χ2n) is 4.52. The number of aromatic nitrogens is 1. The van der Waals surface area contributed by atoms with Crippen molar-refractivity contribution in [3.8, 4) is 0 Å². The summed E-state index contributed by atoms with van der Waals surface area (Å²) in [5, 5.41) is 1.75. The molecule has 0 spiro atoms. The predicted molar refractivity (Wildman–Crippen MR) is 75.6 cm³/mol. The van der Waals surface area contributed by atoms with Gasteiger partial charge in [-0.3, -0.25) is 4.79 Å². The van der Waals surface area contributed by atoms with E-state index in [4.69, 9.17) is 14.2 Å². The highest BCUT2D eigenvalue weighted by Gasteiger charge is 2.36. The highest BCUT2D eigenvalue weighted by Crippen LogP contribution is 2.19. The van der Waals surface area contributed by atoms with E-state index in [1.165, 1.54) is 0 Å². The summed E-state index contributed by atoms with van der Waals surface area (Å²) in [7, 11) is 3.18. The third-order valence-corrected chi connectivity index (χ3v) is 4.10. The number of amides is 1. The van der Waals surface area contributed by atoms with Crippen LogP contribution in [0.4, 0.5) is 0 Å². The average Bonchev–Trinajstić information content (AvgIpc) is 3.13. The first-order chi connectivity index (χ1) is 10.1. The molecule has 1 aliphatic rings. The number of hydrogen-bond donors (Lipinski definition) is 0. The zero-order chi connectivity index (χ0) is 15.4. The Labute approximate surface area is 126 Å². The second-order valence-corrected chi connectivity index (χ2v) is 5.37. The van der Waals surface area contributed by atoms with E-state index in [0.717, 1.165) is 11.3 Å². The van der Waals surface area contributed by atoms with E-state index >= 15 is 0 Å². The van der Waals surface area contributed by atoms with Gasteiger partial charge in [-0.15, -0.1) is 11.3 Å². The summed E-state index contributed by atoms with van der Waals surface area (Å²) < 4.78 is 15.5. The Kier molecular flexibility index (Phi) is 5.27. The lowest BCUT2D eigenvalue weighted by Crippen LogP contribution is -2.30. The van der Waals surface area contributed by atoms with Crippen molar-refractivity contribution in [1.29, 1.82) is 0 Å². The minimum Gasteiger partial charge on any atom is -0.461 e. The molecule has 1 amide bonds. The highest BCUT2D eigenvalue weighted by molar-refractivity contribution is 7.11. The number of carbonyl (C=O) groups is 2. The largest absolute Gasteiger partial charge is 0.461 e. The lowest BCUT2D eigenvalue weighted by Gasteiger charge is -2.13. The van der Waals surface area contributed by atoms with Gasteiger partial charge in [0.2, 0.25) is 5.01 Å². The molecule has 116 valence electrons. The number of thiazole rings is 1. The molecule has 0 radical (unpaired) electrons. The Hall–Kier alpha value is -1.51. The molecule has 0 aromatic carbocycles. The number of likely N-dealkylation sites (tertiary alicyclic amines) is 1. The van der Waals surface area contributed by atoms with Crippen LogP contribution >= 0.6 is 11.3 Å². The van der Waals surface area contributed by atoms with Crippen LogP contribution in [0.15, 0.2) is 5.38 Å². The van der Waals surface area contributed by atoms with Gasteiger partial charge in [-0.25, -0.2) is 9.78 Å². The van der Waals surface area contributed by atoms with Gasteiger partial charge in [0.05, 0.1) is 6.61 Å². The Morgan fingerprint density at radius 3 is 2.48 bits per heavy atom. The second kappa shape index (κ2) is 6.97. The molecule has 2 unspecified atom stereocenters. The molecule has 1 fully saturated rings.